The molecular formula is C29H31FO7. The molecular weight excluding hydrogens is 479 g/mol. The molecule has 2 aliphatic rings. The number of aliphatic hydroxyl groups excluding tert-OH is 1. The Morgan fingerprint density at radius 1 is 1.14 bits per heavy atom. The van der Waals surface area contributed by atoms with E-state index in [1.807, 2.05) is 6.07 Å². The average molecular weight is 511 g/mol. The van der Waals surface area contributed by atoms with E-state index in [1.54, 1.807) is 55.5 Å². The Bertz CT molecular complexity index is 1200. The number of hydrogen-bond acceptors (Lipinski definition) is 7. The third-order valence-electron chi connectivity index (χ3n) is 6.78. The van der Waals surface area contributed by atoms with Crippen molar-refractivity contribution in [3.8, 4) is 0 Å². The van der Waals surface area contributed by atoms with Crippen LogP contribution in [0.15, 0.2) is 66.3 Å². The Morgan fingerprint density at radius 3 is 2.51 bits per heavy atom. The van der Waals surface area contributed by atoms with Gasteiger partial charge in [0.05, 0.1) is 18.1 Å². The predicted molar refractivity (Wildman–Crippen MR) is 134 cm³/mol. The minimum atomic E-state index is -1.30. The zero-order valence-electron chi connectivity index (χ0n) is 21.1. The molecule has 1 fully saturated rings. The van der Waals surface area contributed by atoms with Crippen molar-refractivity contribution in [2.24, 2.45) is 0 Å². The zero-order valence-corrected chi connectivity index (χ0v) is 21.1. The lowest BCUT2D eigenvalue weighted by Crippen LogP contribution is -2.44. The van der Waals surface area contributed by atoms with Gasteiger partial charge in [0.15, 0.2) is 5.79 Å². The highest BCUT2D eigenvalue weighted by Gasteiger charge is 2.44. The van der Waals surface area contributed by atoms with E-state index >= 15 is 0 Å². The predicted octanol–water partition coefficient (Wildman–Crippen LogP) is 4.52. The summed E-state index contributed by atoms with van der Waals surface area (Å²) in [5, 5.41) is 10.0. The fourth-order valence-corrected chi connectivity index (χ4v) is 4.86. The highest BCUT2D eigenvalue weighted by Crippen LogP contribution is 2.43. The second-order valence-corrected chi connectivity index (χ2v) is 9.30. The van der Waals surface area contributed by atoms with Crippen LogP contribution in [0.4, 0.5) is 4.39 Å². The number of methoxy groups -OCH3 is 2. The van der Waals surface area contributed by atoms with E-state index in [0.717, 1.165) is 11.1 Å². The summed E-state index contributed by atoms with van der Waals surface area (Å²) in [5.74, 6) is -2.58. The van der Waals surface area contributed by atoms with Crippen molar-refractivity contribution in [1.82, 2.24) is 0 Å². The molecule has 4 rings (SSSR count). The molecule has 0 radical (unpaired) electrons. The zero-order chi connectivity index (χ0) is 26.6. The van der Waals surface area contributed by atoms with Gasteiger partial charge in [-0.3, -0.25) is 4.79 Å². The maximum absolute atomic E-state index is 14.1. The molecule has 1 saturated heterocycles. The maximum Gasteiger partial charge on any atom is 0.338 e. The van der Waals surface area contributed by atoms with Gasteiger partial charge in [-0.25, -0.2) is 9.18 Å². The Kier molecular flexibility index (Phi) is 8.22. The summed E-state index contributed by atoms with van der Waals surface area (Å²) < 4.78 is 37.2. The molecule has 37 heavy (non-hydrogen) atoms. The van der Waals surface area contributed by atoms with Crippen molar-refractivity contribution < 1.29 is 38.0 Å². The number of aryl methyl sites for hydroxylation is 1. The van der Waals surface area contributed by atoms with Gasteiger partial charge in [0.2, 0.25) is 0 Å². The normalized spacial score (nSPS) is 23.7. The summed E-state index contributed by atoms with van der Waals surface area (Å²) in [6.07, 6.45) is 2.19. The van der Waals surface area contributed by atoms with Gasteiger partial charge in [-0.05, 0) is 54.0 Å². The largest absolute Gasteiger partial charge is 0.458 e. The van der Waals surface area contributed by atoms with Crippen molar-refractivity contribution in [2.45, 2.75) is 56.7 Å². The van der Waals surface area contributed by atoms with E-state index < -0.39 is 36.0 Å². The monoisotopic (exact) mass is 510 g/mol. The van der Waals surface area contributed by atoms with Crippen LogP contribution in [0, 0.1) is 12.7 Å². The third-order valence-corrected chi connectivity index (χ3v) is 6.78. The Morgan fingerprint density at radius 2 is 1.86 bits per heavy atom. The summed E-state index contributed by atoms with van der Waals surface area (Å²) in [6.45, 7) is 1.67. The summed E-state index contributed by atoms with van der Waals surface area (Å²) in [6, 6.07) is 13.5. The molecule has 0 saturated carbocycles. The number of hydrogen-bond donors (Lipinski definition) is 1. The average Bonchev–Trinajstić information content (AvgIpc) is 2.89. The van der Waals surface area contributed by atoms with E-state index in [9.17, 15) is 19.1 Å². The molecule has 1 heterocycles. The van der Waals surface area contributed by atoms with Gasteiger partial charge in [-0.2, -0.15) is 0 Å². The summed E-state index contributed by atoms with van der Waals surface area (Å²) in [4.78, 5) is 24.7. The van der Waals surface area contributed by atoms with Crippen LogP contribution >= 0.6 is 0 Å². The van der Waals surface area contributed by atoms with Crippen molar-refractivity contribution in [1.29, 1.82) is 0 Å². The van der Waals surface area contributed by atoms with Crippen molar-refractivity contribution >= 4 is 17.5 Å². The van der Waals surface area contributed by atoms with Gasteiger partial charge in [0.25, 0.3) is 0 Å². The number of esters is 2. The number of aliphatic hydroxyl groups is 1. The SMILES string of the molecule is COC1(OC)CC(OC(=O)c2ccccc2)CC(c2ccc(F)c(C)c2)=C1C=C[C@@H]1C[C@@H](O)CC(=O)O1. The van der Waals surface area contributed by atoms with Crippen LogP contribution < -0.4 is 0 Å². The molecule has 2 aromatic carbocycles. The number of cyclic esters (lactones) is 1. The van der Waals surface area contributed by atoms with Crippen LogP contribution in [0.2, 0.25) is 0 Å². The number of rotatable bonds is 7. The molecule has 1 aliphatic heterocycles. The lowest BCUT2D eigenvalue weighted by molar-refractivity contribution is -0.195. The molecule has 1 N–H and O–H groups in total. The third kappa shape index (κ3) is 5.98. The molecule has 1 aliphatic carbocycles. The number of halogens is 1. The summed E-state index contributed by atoms with van der Waals surface area (Å²) >= 11 is 0. The van der Waals surface area contributed by atoms with E-state index in [4.69, 9.17) is 18.9 Å². The van der Waals surface area contributed by atoms with E-state index in [-0.39, 0.29) is 25.1 Å². The molecule has 0 bridgehead atoms. The van der Waals surface area contributed by atoms with E-state index in [0.29, 0.717) is 23.1 Å². The highest BCUT2D eigenvalue weighted by atomic mass is 19.1. The van der Waals surface area contributed by atoms with Gasteiger partial charge in [-0.1, -0.05) is 30.3 Å². The molecule has 0 aromatic heterocycles. The Labute approximate surface area is 215 Å². The highest BCUT2D eigenvalue weighted by molar-refractivity contribution is 5.89. The Balaban J connectivity index is 1.75. The first-order valence-corrected chi connectivity index (χ1v) is 12.2. The smallest absolute Gasteiger partial charge is 0.338 e. The summed E-state index contributed by atoms with van der Waals surface area (Å²) in [7, 11) is 2.99. The van der Waals surface area contributed by atoms with Crippen molar-refractivity contribution in [2.75, 3.05) is 14.2 Å². The lowest BCUT2D eigenvalue weighted by atomic mass is 9.80. The second-order valence-electron chi connectivity index (χ2n) is 9.30. The molecule has 7 nitrogen and oxygen atoms in total. The molecule has 1 unspecified atom stereocenters. The number of carbonyl (C=O) groups is 2. The van der Waals surface area contributed by atoms with Crippen molar-refractivity contribution in [3.05, 3.63) is 88.8 Å². The molecule has 3 atom stereocenters. The van der Waals surface area contributed by atoms with Gasteiger partial charge in [0.1, 0.15) is 18.0 Å². The molecule has 2 aromatic rings. The van der Waals surface area contributed by atoms with Crippen molar-refractivity contribution in [3.63, 3.8) is 0 Å². The fourth-order valence-electron chi connectivity index (χ4n) is 4.86. The van der Waals surface area contributed by atoms with Crippen LogP contribution in [0.3, 0.4) is 0 Å². The molecule has 0 spiro atoms. The topological polar surface area (TPSA) is 91.3 Å². The van der Waals surface area contributed by atoms with E-state index in [1.165, 1.54) is 20.3 Å². The minimum absolute atomic E-state index is 0.0400. The lowest BCUT2D eigenvalue weighted by Gasteiger charge is -2.41. The van der Waals surface area contributed by atoms with Crippen LogP contribution in [0.5, 0.6) is 0 Å². The summed E-state index contributed by atoms with van der Waals surface area (Å²) in [5.41, 5.74) is 2.98. The quantitative estimate of drug-likeness (QED) is 0.433. The molecule has 196 valence electrons. The first-order valence-electron chi connectivity index (χ1n) is 12.2. The Hall–Kier alpha value is -3.33. The number of ether oxygens (including phenoxy) is 4. The molecule has 0 amide bonds. The maximum atomic E-state index is 14.1. The van der Waals surface area contributed by atoms with Crippen LogP contribution in [-0.2, 0) is 23.7 Å². The van der Waals surface area contributed by atoms with Gasteiger partial charge < -0.3 is 24.1 Å². The first-order chi connectivity index (χ1) is 17.7. The van der Waals surface area contributed by atoms with Gasteiger partial charge in [0, 0.05) is 39.1 Å². The second kappa shape index (κ2) is 11.4. The first kappa shape index (κ1) is 26.7. The van der Waals surface area contributed by atoms with E-state index in [2.05, 4.69) is 0 Å². The number of benzene rings is 2. The van der Waals surface area contributed by atoms with Crippen LogP contribution in [-0.4, -0.2) is 55.4 Å². The minimum Gasteiger partial charge on any atom is -0.458 e. The van der Waals surface area contributed by atoms with Gasteiger partial charge in [-0.15, -0.1) is 0 Å². The molecule has 8 heteroatoms. The number of carbonyl (C=O) groups excluding carboxylic acids is 2. The standard InChI is InChI=1S/C29H31FO7/c1-18-13-20(9-12-26(18)30)24-16-23(37-28(33)19-7-5-4-6-8-19)17-29(34-2,35-3)25(24)11-10-22-14-21(31)15-27(32)36-22/h4-13,21-23,31H,14-17H2,1-3H3/t21-,22-,23?/m1/s1. The fraction of sp³-hybridized carbons (Fsp3) is 0.379. The van der Waals surface area contributed by atoms with Crippen LogP contribution in [0.1, 0.15) is 47.2 Å². The van der Waals surface area contributed by atoms with Crippen LogP contribution in [0.25, 0.3) is 5.57 Å². The van der Waals surface area contributed by atoms with Gasteiger partial charge >= 0.3 is 11.9 Å².